The Hall–Kier alpha value is -2.93. The number of hydrogen-bond acceptors (Lipinski definition) is 3. The van der Waals surface area contributed by atoms with Gasteiger partial charge in [-0.05, 0) is 37.3 Å². The van der Waals surface area contributed by atoms with Crippen molar-refractivity contribution in [3.8, 4) is 11.8 Å². The molecular weight excluding hydrogens is 250 g/mol. The highest BCUT2D eigenvalue weighted by molar-refractivity contribution is 5.78. The normalized spacial score (nSPS) is 10.4. The zero-order chi connectivity index (χ0) is 14.1. The Labute approximate surface area is 115 Å². The highest BCUT2D eigenvalue weighted by Crippen LogP contribution is 2.12. The molecule has 4 heteroatoms. The van der Waals surface area contributed by atoms with Gasteiger partial charge in [0, 0.05) is 0 Å². The van der Waals surface area contributed by atoms with Crippen LogP contribution in [0.3, 0.4) is 0 Å². The summed E-state index contributed by atoms with van der Waals surface area (Å²) in [5, 5.41) is 9.51. The van der Waals surface area contributed by atoms with Crippen molar-refractivity contribution < 1.29 is 0 Å². The van der Waals surface area contributed by atoms with Gasteiger partial charge in [0.05, 0.1) is 28.2 Å². The second-order valence-corrected chi connectivity index (χ2v) is 4.60. The molecular formula is C16H11N3O. The van der Waals surface area contributed by atoms with Crippen LogP contribution in [-0.4, -0.2) is 9.55 Å². The fourth-order valence-corrected chi connectivity index (χ4v) is 2.15. The van der Waals surface area contributed by atoms with Gasteiger partial charge in [-0.25, -0.2) is 4.98 Å². The van der Waals surface area contributed by atoms with Crippen molar-refractivity contribution in [2.24, 2.45) is 0 Å². The van der Waals surface area contributed by atoms with Gasteiger partial charge in [0.1, 0.15) is 6.33 Å². The lowest BCUT2D eigenvalue weighted by molar-refractivity contribution is 0.962. The molecule has 4 nitrogen and oxygen atoms in total. The summed E-state index contributed by atoms with van der Waals surface area (Å²) in [6.45, 7) is 1.94. The molecule has 1 aromatic heterocycles. The van der Waals surface area contributed by atoms with Gasteiger partial charge >= 0.3 is 0 Å². The van der Waals surface area contributed by atoms with Crippen molar-refractivity contribution in [2.45, 2.75) is 6.92 Å². The number of benzene rings is 2. The number of fused-ring (bicyclic) bond motifs is 1. The Morgan fingerprint density at radius 2 is 2.05 bits per heavy atom. The maximum atomic E-state index is 12.5. The molecule has 0 amide bonds. The average molecular weight is 261 g/mol. The smallest absolute Gasteiger partial charge is 0.265 e. The first-order valence-electron chi connectivity index (χ1n) is 6.17. The lowest BCUT2D eigenvalue weighted by Crippen LogP contribution is -2.18. The second kappa shape index (κ2) is 4.63. The molecule has 0 fully saturated rings. The van der Waals surface area contributed by atoms with Crippen molar-refractivity contribution in [3.05, 3.63) is 70.3 Å². The molecule has 2 aromatic carbocycles. The maximum absolute atomic E-state index is 12.5. The molecule has 3 rings (SSSR count). The Morgan fingerprint density at radius 1 is 1.20 bits per heavy atom. The summed E-state index contributed by atoms with van der Waals surface area (Å²) in [6, 6.07) is 14.6. The molecule has 0 saturated carbocycles. The van der Waals surface area contributed by atoms with Gasteiger partial charge in [-0.1, -0.05) is 17.7 Å². The highest BCUT2D eigenvalue weighted by Gasteiger charge is 2.06. The quantitative estimate of drug-likeness (QED) is 0.676. The van der Waals surface area contributed by atoms with Crippen molar-refractivity contribution in [1.29, 1.82) is 5.26 Å². The first-order valence-corrected chi connectivity index (χ1v) is 6.17. The van der Waals surface area contributed by atoms with E-state index in [-0.39, 0.29) is 5.56 Å². The summed E-state index contributed by atoms with van der Waals surface area (Å²) >= 11 is 0. The van der Waals surface area contributed by atoms with Crippen LogP contribution in [0, 0.1) is 18.3 Å². The molecule has 1 heterocycles. The lowest BCUT2D eigenvalue weighted by atomic mass is 10.1. The highest BCUT2D eigenvalue weighted by atomic mass is 16.1. The third kappa shape index (κ3) is 1.95. The number of rotatable bonds is 1. The van der Waals surface area contributed by atoms with Crippen LogP contribution in [0.25, 0.3) is 16.6 Å². The van der Waals surface area contributed by atoms with E-state index in [1.165, 1.54) is 10.9 Å². The van der Waals surface area contributed by atoms with E-state index in [0.29, 0.717) is 22.2 Å². The minimum Gasteiger partial charge on any atom is -0.268 e. The van der Waals surface area contributed by atoms with Gasteiger partial charge in [0.2, 0.25) is 0 Å². The molecule has 0 spiro atoms. The largest absolute Gasteiger partial charge is 0.268 e. The van der Waals surface area contributed by atoms with E-state index in [2.05, 4.69) is 11.1 Å². The molecule has 0 bridgehead atoms. The average Bonchev–Trinajstić information content (AvgIpc) is 2.48. The van der Waals surface area contributed by atoms with Crippen LogP contribution in [0.2, 0.25) is 0 Å². The molecule has 0 radical (unpaired) electrons. The summed E-state index contributed by atoms with van der Waals surface area (Å²) in [6.07, 6.45) is 1.50. The standard InChI is InChI=1S/C16H11N3O/c1-11-5-6-15-14(7-11)16(20)19(10-18-15)13-4-2-3-12(8-13)9-17/h2-8,10H,1H3. The summed E-state index contributed by atoms with van der Waals surface area (Å²) in [4.78, 5) is 16.8. The minimum atomic E-state index is -0.131. The molecule has 0 saturated heterocycles. The summed E-state index contributed by atoms with van der Waals surface area (Å²) < 4.78 is 1.46. The van der Waals surface area contributed by atoms with E-state index in [9.17, 15) is 4.79 Å². The Morgan fingerprint density at radius 3 is 2.85 bits per heavy atom. The second-order valence-electron chi connectivity index (χ2n) is 4.60. The fourth-order valence-electron chi connectivity index (χ4n) is 2.15. The van der Waals surface area contributed by atoms with Gasteiger partial charge in [-0.3, -0.25) is 9.36 Å². The van der Waals surface area contributed by atoms with Gasteiger partial charge < -0.3 is 0 Å². The first kappa shape index (κ1) is 12.1. The van der Waals surface area contributed by atoms with Crippen LogP contribution in [0.5, 0.6) is 0 Å². The van der Waals surface area contributed by atoms with E-state index in [0.717, 1.165) is 5.56 Å². The van der Waals surface area contributed by atoms with E-state index < -0.39 is 0 Å². The minimum absolute atomic E-state index is 0.131. The third-order valence-electron chi connectivity index (χ3n) is 3.17. The van der Waals surface area contributed by atoms with Crippen LogP contribution in [0.1, 0.15) is 11.1 Å². The number of aryl methyl sites for hydroxylation is 1. The van der Waals surface area contributed by atoms with Crippen LogP contribution < -0.4 is 5.56 Å². The van der Waals surface area contributed by atoms with Gasteiger partial charge in [0.15, 0.2) is 0 Å². The zero-order valence-electron chi connectivity index (χ0n) is 10.9. The summed E-state index contributed by atoms with van der Waals surface area (Å²) in [5.41, 5.74) is 2.71. The van der Waals surface area contributed by atoms with Crippen LogP contribution in [0.4, 0.5) is 0 Å². The van der Waals surface area contributed by atoms with Gasteiger partial charge in [-0.15, -0.1) is 0 Å². The maximum Gasteiger partial charge on any atom is 0.265 e. The zero-order valence-corrected chi connectivity index (χ0v) is 10.9. The van der Waals surface area contributed by atoms with Crippen molar-refractivity contribution in [1.82, 2.24) is 9.55 Å². The van der Waals surface area contributed by atoms with Gasteiger partial charge in [-0.2, -0.15) is 5.26 Å². The molecule has 96 valence electrons. The summed E-state index contributed by atoms with van der Waals surface area (Å²) in [7, 11) is 0. The topological polar surface area (TPSA) is 58.7 Å². The number of nitriles is 1. The Balaban J connectivity index is 2.29. The van der Waals surface area contributed by atoms with Crippen molar-refractivity contribution in [2.75, 3.05) is 0 Å². The SMILES string of the molecule is Cc1ccc2ncn(-c3cccc(C#N)c3)c(=O)c2c1. The third-order valence-corrected chi connectivity index (χ3v) is 3.17. The van der Waals surface area contributed by atoms with E-state index in [1.54, 1.807) is 24.3 Å². The molecule has 0 aliphatic carbocycles. The van der Waals surface area contributed by atoms with E-state index in [4.69, 9.17) is 5.26 Å². The molecule has 0 atom stereocenters. The monoisotopic (exact) mass is 261 g/mol. The van der Waals surface area contributed by atoms with Crippen LogP contribution in [-0.2, 0) is 0 Å². The predicted molar refractivity (Wildman–Crippen MR) is 76.8 cm³/mol. The van der Waals surface area contributed by atoms with E-state index >= 15 is 0 Å². The molecule has 0 aliphatic rings. The molecule has 0 unspecified atom stereocenters. The fraction of sp³-hybridized carbons (Fsp3) is 0.0625. The number of nitrogens with zero attached hydrogens (tertiary/aromatic N) is 3. The number of aromatic nitrogens is 2. The molecule has 0 aliphatic heterocycles. The molecule has 20 heavy (non-hydrogen) atoms. The van der Waals surface area contributed by atoms with Crippen LogP contribution >= 0.6 is 0 Å². The predicted octanol–water partition coefficient (Wildman–Crippen LogP) is 2.57. The molecule has 3 aromatic rings. The van der Waals surface area contributed by atoms with Crippen LogP contribution in [0.15, 0.2) is 53.6 Å². The van der Waals surface area contributed by atoms with Crippen molar-refractivity contribution >= 4 is 10.9 Å². The Bertz CT molecular complexity index is 903. The summed E-state index contributed by atoms with van der Waals surface area (Å²) in [5.74, 6) is 0. The first-order chi connectivity index (χ1) is 9.69. The molecule has 0 N–H and O–H groups in total. The van der Waals surface area contributed by atoms with E-state index in [1.807, 2.05) is 25.1 Å². The number of hydrogen-bond donors (Lipinski definition) is 0. The van der Waals surface area contributed by atoms with Gasteiger partial charge in [0.25, 0.3) is 5.56 Å². The Kier molecular flexibility index (Phi) is 2.81. The van der Waals surface area contributed by atoms with Crippen molar-refractivity contribution in [3.63, 3.8) is 0 Å². The lowest BCUT2D eigenvalue weighted by Gasteiger charge is -2.07.